The Bertz CT molecular complexity index is 505. The molecule has 0 spiro atoms. The summed E-state index contributed by atoms with van der Waals surface area (Å²) in [4.78, 5) is 12.9. The van der Waals surface area contributed by atoms with Crippen LogP contribution < -0.4 is 15.0 Å². The molecule has 0 aromatic heterocycles. The zero-order valence-corrected chi connectivity index (χ0v) is 12.8. The van der Waals surface area contributed by atoms with Crippen LogP contribution in [0.1, 0.15) is 20.3 Å². The Morgan fingerprint density at radius 1 is 1.48 bits per heavy atom. The number of ether oxygens (including phenoxy) is 1. The molecule has 2 rings (SSSR count). The minimum atomic E-state index is -0.363. The number of hydrogen-bond donors (Lipinski definition) is 1. The lowest BCUT2D eigenvalue weighted by molar-refractivity contribution is -0.384. The fourth-order valence-corrected chi connectivity index (χ4v) is 2.72. The van der Waals surface area contributed by atoms with Crippen LogP contribution in [0.25, 0.3) is 0 Å². The maximum atomic E-state index is 11.1. The van der Waals surface area contributed by atoms with Crippen molar-refractivity contribution < 1.29 is 9.66 Å². The number of nitro benzene ring substituents is 1. The third kappa shape index (κ3) is 4.07. The van der Waals surface area contributed by atoms with Crippen LogP contribution >= 0.6 is 0 Å². The van der Waals surface area contributed by atoms with Crippen molar-refractivity contribution >= 4 is 11.4 Å². The fourth-order valence-electron chi connectivity index (χ4n) is 2.72. The van der Waals surface area contributed by atoms with Crippen molar-refractivity contribution in [2.75, 3.05) is 31.6 Å². The van der Waals surface area contributed by atoms with Gasteiger partial charge in [-0.1, -0.05) is 0 Å². The van der Waals surface area contributed by atoms with E-state index in [4.69, 9.17) is 4.74 Å². The van der Waals surface area contributed by atoms with Crippen molar-refractivity contribution in [2.45, 2.75) is 26.4 Å². The first-order valence-corrected chi connectivity index (χ1v) is 7.35. The topological polar surface area (TPSA) is 67.6 Å². The minimum absolute atomic E-state index is 0.00419. The summed E-state index contributed by atoms with van der Waals surface area (Å²) in [6.45, 7) is 6.65. The van der Waals surface area contributed by atoms with E-state index < -0.39 is 0 Å². The second-order valence-electron chi connectivity index (χ2n) is 5.77. The van der Waals surface area contributed by atoms with Gasteiger partial charge >= 0.3 is 0 Å². The van der Waals surface area contributed by atoms with E-state index in [-0.39, 0.29) is 16.7 Å². The van der Waals surface area contributed by atoms with Crippen molar-refractivity contribution in [3.05, 3.63) is 28.3 Å². The third-order valence-electron chi connectivity index (χ3n) is 3.60. The van der Waals surface area contributed by atoms with E-state index in [1.807, 2.05) is 27.0 Å². The molecule has 0 saturated carbocycles. The molecule has 116 valence electrons. The summed E-state index contributed by atoms with van der Waals surface area (Å²) in [5.41, 5.74) is 0.957. The van der Waals surface area contributed by atoms with Crippen LogP contribution in [0.3, 0.4) is 0 Å². The summed E-state index contributed by atoms with van der Waals surface area (Å²) < 4.78 is 5.64. The molecule has 0 aliphatic carbocycles. The summed E-state index contributed by atoms with van der Waals surface area (Å²) >= 11 is 0. The van der Waals surface area contributed by atoms with Gasteiger partial charge in [0.25, 0.3) is 5.69 Å². The predicted molar refractivity (Wildman–Crippen MR) is 83.1 cm³/mol. The van der Waals surface area contributed by atoms with Crippen LogP contribution in [0.2, 0.25) is 0 Å². The number of hydrogen-bond acceptors (Lipinski definition) is 5. The van der Waals surface area contributed by atoms with Crippen molar-refractivity contribution in [1.29, 1.82) is 0 Å². The van der Waals surface area contributed by atoms with E-state index in [1.54, 1.807) is 6.07 Å². The van der Waals surface area contributed by atoms with Gasteiger partial charge in [0, 0.05) is 30.9 Å². The molecular formula is C15H23N3O3. The molecule has 21 heavy (non-hydrogen) atoms. The standard InChI is InChI=1S/C15H23N3O3/c1-11(2)21-15-7-13(6-14(8-15)18(19)20)17-5-4-12(10-17)9-16-3/h6-8,11-12,16H,4-5,9-10H2,1-3H3. The van der Waals surface area contributed by atoms with Gasteiger partial charge in [0.15, 0.2) is 0 Å². The van der Waals surface area contributed by atoms with Gasteiger partial charge in [0.2, 0.25) is 0 Å². The van der Waals surface area contributed by atoms with Gasteiger partial charge in [-0.3, -0.25) is 10.1 Å². The second-order valence-corrected chi connectivity index (χ2v) is 5.77. The van der Waals surface area contributed by atoms with E-state index in [9.17, 15) is 10.1 Å². The lowest BCUT2D eigenvalue weighted by Crippen LogP contribution is -2.24. The molecule has 1 saturated heterocycles. The van der Waals surface area contributed by atoms with Crippen LogP contribution in [0.15, 0.2) is 18.2 Å². The number of benzene rings is 1. The zero-order chi connectivity index (χ0) is 15.4. The summed E-state index contributed by atoms with van der Waals surface area (Å²) in [6, 6.07) is 5.02. The Morgan fingerprint density at radius 3 is 2.86 bits per heavy atom. The average molecular weight is 293 g/mol. The largest absolute Gasteiger partial charge is 0.491 e. The Balaban J connectivity index is 2.22. The maximum Gasteiger partial charge on any atom is 0.275 e. The van der Waals surface area contributed by atoms with Gasteiger partial charge in [-0.2, -0.15) is 0 Å². The summed E-state index contributed by atoms with van der Waals surface area (Å²) in [5, 5.41) is 14.3. The molecular weight excluding hydrogens is 270 g/mol. The summed E-state index contributed by atoms with van der Waals surface area (Å²) in [5.74, 6) is 1.15. The predicted octanol–water partition coefficient (Wildman–Crippen LogP) is 2.43. The number of non-ortho nitro benzene ring substituents is 1. The molecule has 1 heterocycles. The molecule has 1 atom stereocenters. The molecule has 0 radical (unpaired) electrons. The first-order valence-electron chi connectivity index (χ1n) is 7.35. The SMILES string of the molecule is CNCC1CCN(c2cc(OC(C)C)cc([N+](=O)[O-])c2)C1. The van der Waals surface area contributed by atoms with Crippen LogP contribution in [0, 0.1) is 16.0 Å². The second kappa shape index (κ2) is 6.76. The van der Waals surface area contributed by atoms with E-state index in [0.29, 0.717) is 11.7 Å². The normalized spacial score (nSPS) is 18.3. The highest BCUT2D eigenvalue weighted by Crippen LogP contribution is 2.32. The van der Waals surface area contributed by atoms with E-state index >= 15 is 0 Å². The first kappa shape index (κ1) is 15.6. The van der Waals surface area contributed by atoms with Crippen LogP contribution in [0.4, 0.5) is 11.4 Å². The molecule has 1 aliphatic heterocycles. The highest BCUT2D eigenvalue weighted by atomic mass is 16.6. The van der Waals surface area contributed by atoms with Crippen molar-refractivity contribution in [3.63, 3.8) is 0 Å². The smallest absolute Gasteiger partial charge is 0.275 e. The third-order valence-corrected chi connectivity index (χ3v) is 3.60. The van der Waals surface area contributed by atoms with Gasteiger partial charge < -0.3 is 15.0 Å². The Morgan fingerprint density at radius 2 is 2.24 bits per heavy atom. The monoisotopic (exact) mass is 293 g/mol. The molecule has 1 aliphatic rings. The number of anilines is 1. The molecule has 1 fully saturated rings. The van der Waals surface area contributed by atoms with Gasteiger partial charge in [-0.15, -0.1) is 0 Å². The van der Waals surface area contributed by atoms with Gasteiger partial charge in [0.05, 0.1) is 17.1 Å². The van der Waals surface area contributed by atoms with E-state index in [1.165, 1.54) is 6.07 Å². The van der Waals surface area contributed by atoms with Crippen LogP contribution in [0.5, 0.6) is 5.75 Å². The van der Waals surface area contributed by atoms with Gasteiger partial charge in [0.1, 0.15) is 5.75 Å². The maximum absolute atomic E-state index is 11.1. The molecule has 1 aromatic rings. The Labute approximate surface area is 125 Å². The Kier molecular flexibility index (Phi) is 5.01. The molecule has 1 aromatic carbocycles. The van der Waals surface area contributed by atoms with Gasteiger partial charge in [-0.05, 0) is 39.8 Å². The van der Waals surface area contributed by atoms with Crippen molar-refractivity contribution in [2.24, 2.45) is 5.92 Å². The first-order chi connectivity index (χ1) is 9.99. The summed E-state index contributed by atoms with van der Waals surface area (Å²) in [6.07, 6.45) is 1.10. The molecule has 0 bridgehead atoms. The molecule has 0 amide bonds. The van der Waals surface area contributed by atoms with Gasteiger partial charge in [-0.25, -0.2) is 0 Å². The van der Waals surface area contributed by atoms with E-state index in [0.717, 1.165) is 31.7 Å². The highest BCUT2D eigenvalue weighted by Gasteiger charge is 2.24. The quantitative estimate of drug-likeness (QED) is 0.644. The lowest BCUT2D eigenvalue weighted by atomic mass is 10.1. The molecule has 6 heteroatoms. The van der Waals surface area contributed by atoms with Crippen molar-refractivity contribution in [3.8, 4) is 5.75 Å². The van der Waals surface area contributed by atoms with Crippen LogP contribution in [-0.4, -0.2) is 37.7 Å². The fraction of sp³-hybridized carbons (Fsp3) is 0.600. The number of nitrogens with zero attached hydrogens (tertiary/aromatic N) is 2. The van der Waals surface area contributed by atoms with Crippen molar-refractivity contribution in [1.82, 2.24) is 5.32 Å². The number of rotatable bonds is 6. The van der Waals surface area contributed by atoms with E-state index in [2.05, 4.69) is 10.2 Å². The average Bonchev–Trinajstić information content (AvgIpc) is 2.86. The Hall–Kier alpha value is -1.82. The molecule has 6 nitrogen and oxygen atoms in total. The highest BCUT2D eigenvalue weighted by molar-refractivity contribution is 5.58. The summed E-state index contributed by atoms with van der Waals surface area (Å²) in [7, 11) is 1.95. The molecule has 1 N–H and O–H groups in total. The lowest BCUT2D eigenvalue weighted by Gasteiger charge is -2.20. The van der Waals surface area contributed by atoms with Crippen LogP contribution in [-0.2, 0) is 0 Å². The number of nitrogens with one attached hydrogen (secondary N) is 1. The zero-order valence-electron chi connectivity index (χ0n) is 12.8. The number of nitro groups is 1. The molecule has 1 unspecified atom stereocenters. The minimum Gasteiger partial charge on any atom is -0.491 e.